The van der Waals surface area contributed by atoms with Gasteiger partial charge in [0.2, 0.25) is 10.0 Å². The smallest absolute Gasteiger partial charge is 0.208 e. The van der Waals surface area contributed by atoms with Gasteiger partial charge in [0, 0.05) is 6.04 Å². The van der Waals surface area contributed by atoms with E-state index in [2.05, 4.69) is 4.72 Å². The Bertz CT molecular complexity index is 531. The molecule has 7 heteroatoms. The number of hydrogen-bond acceptors (Lipinski definition) is 2. The number of rotatable bonds is 5. The first-order chi connectivity index (χ1) is 8.29. The maximum Gasteiger partial charge on any atom is 0.243 e. The minimum atomic E-state index is -4.18. The van der Waals surface area contributed by atoms with Crippen molar-refractivity contribution >= 4 is 10.0 Å². The minimum absolute atomic E-state index is 0.410. The number of sulfonamides is 1. The molecule has 0 aromatic heterocycles. The molecule has 0 saturated carbocycles. The van der Waals surface area contributed by atoms with Crippen LogP contribution < -0.4 is 4.72 Å². The van der Waals surface area contributed by atoms with E-state index in [0.717, 1.165) is 6.42 Å². The van der Waals surface area contributed by atoms with Gasteiger partial charge in [0.05, 0.1) is 0 Å². The van der Waals surface area contributed by atoms with Crippen LogP contribution in [0.2, 0.25) is 0 Å². The Hall–Kier alpha value is -1.08. The molecule has 102 valence electrons. The van der Waals surface area contributed by atoms with Crippen LogP contribution in [0.4, 0.5) is 13.2 Å². The molecule has 1 N–H and O–H groups in total. The molecule has 1 aromatic carbocycles. The van der Waals surface area contributed by atoms with E-state index in [0.29, 0.717) is 18.6 Å². The molecule has 0 fully saturated rings. The first-order valence-corrected chi connectivity index (χ1v) is 6.93. The molecule has 1 aromatic rings. The summed E-state index contributed by atoms with van der Waals surface area (Å²) >= 11 is 0. The predicted molar refractivity (Wildman–Crippen MR) is 61.0 cm³/mol. The average molecular weight is 281 g/mol. The van der Waals surface area contributed by atoms with Crippen LogP contribution in [0.25, 0.3) is 0 Å². The first kappa shape index (κ1) is 15.0. The maximum absolute atomic E-state index is 13.4. The molecule has 0 aliphatic rings. The maximum atomic E-state index is 13.4. The van der Waals surface area contributed by atoms with Crippen molar-refractivity contribution in [3.63, 3.8) is 0 Å². The second-order valence-electron chi connectivity index (χ2n) is 3.98. The fourth-order valence-electron chi connectivity index (χ4n) is 1.54. The molecular weight excluding hydrogens is 267 g/mol. The summed E-state index contributed by atoms with van der Waals surface area (Å²) in [4.78, 5) is -0.885. The molecule has 0 radical (unpaired) electrons. The molecule has 1 unspecified atom stereocenters. The second-order valence-corrected chi connectivity index (χ2v) is 5.67. The Morgan fingerprint density at radius 1 is 1.22 bits per heavy atom. The molecule has 0 spiro atoms. The normalized spacial score (nSPS) is 13.6. The van der Waals surface area contributed by atoms with Gasteiger partial charge in [0.25, 0.3) is 0 Å². The molecular formula is C11H14F3NO2S. The van der Waals surface area contributed by atoms with Gasteiger partial charge in [0.1, 0.15) is 4.90 Å². The topological polar surface area (TPSA) is 46.2 Å². The van der Waals surface area contributed by atoms with Gasteiger partial charge in [-0.1, -0.05) is 13.3 Å². The molecule has 0 amide bonds. The van der Waals surface area contributed by atoms with Crippen LogP contribution in [0.15, 0.2) is 17.0 Å². The van der Waals surface area contributed by atoms with Crippen LogP contribution >= 0.6 is 0 Å². The van der Waals surface area contributed by atoms with Crippen molar-refractivity contribution in [1.82, 2.24) is 4.72 Å². The first-order valence-electron chi connectivity index (χ1n) is 5.45. The van der Waals surface area contributed by atoms with Crippen LogP contribution in [0.1, 0.15) is 26.7 Å². The van der Waals surface area contributed by atoms with E-state index in [1.54, 1.807) is 6.92 Å². The van der Waals surface area contributed by atoms with Gasteiger partial charge in [-0.25, -0.2) is 26.3 Å². The molecule has 18 heavy (non-hydrogen) atoms. The molecule has 0 aliphatic heterocycles. The fourth-order valence-corrected chi connectivity index (χ4v) is 2.88. The highest BCUT2D eigenvalue weighted by Gasteiger charge is 2.25. The van der Waals surface area contributed by atoms with Gasteiger partial charge in [-0.2, -0.15) is 0 Å². The van der Waals surface area contributed by atoms with Crippen molar-refractivity contribution in [2.24, 2.45) is 0 Å². The molecule has 1 rings (SSSR count). The Balaban J connectivity index is 3.10. The summed E-state index contributed by atoms with van der Waals surface area (Å²) in [5.74, 6) is -4.92. The van der Waals surface area contributed by atoms with Gasteiger partial charge in [-0.15, -0.1) is 0 Å². The van der Waals surface area contributed by atoms with Crippen LogP contribution in [0, 0.1) is 17.5 Å². The summed E-state index contributed by atoms with van der Waals surface area (Å²) in [6, 6.07) is 0.874. The molecule has 1 atom stereocenters. The molecule has 0 saturated heterocycles. The lowest BCUT2D eigenvalue weighted by Gasteiger charge is -2.13. The standard InChI is InChI=1S/C11H14F3NO2S/c1-3-4-7(2)15-18(16,17)9-6-5-8(12)10(13)11(9)14/h5-7,15H,3-4H2,1-2H3. The number of halogens is 3. The monoisotopic (exact) mass is 281 g/mol. The third kappa shape index (κ3) is 3.23. The molecule has 0 bridgehead atoms. The van der Waals surface area contributed by atoms with Crippen molar-refractivity contribution < 1.29 is 21.6 Å². The van der Waals surface area contributed by atoms with E-state index < -0.39 is 38.4 Å². The number of benzene rings is 1. The minimum Gasteiger partial charge on any atom is -0.208 e. The quantitative estimate of drug-likeness (QED) is 0.843. The van der Waals surface area contributed by atoms with Crippen LogP contribution in [0.3, 0.4) is 0 Å². The van der Waals surface area contributed by atoms with Crippen LogP contribution in [-0.4, -0.2) is 14.5 Å². The number of nitrogens with one attached hydrogen (secondary N) is 1. The zero-order valence-corrected chi connectivity index (χ0v) is 10.8. The van der Waals surface area contributed by atoms with Gasteiger partial charge in [-0.05, 0) is 25.5 Å². The summed E-state index contributed by atoms with van der Waals surface area (Å²) in [5, 5.41) is 0. The number of hydrogen-bond donors (Lipinski definition) is 1. The van der Waals surface area contributed by atoms with Crippen molar-refractivity contribution in [3.8, 4) is 0 Å². The SMILES string of the molecule is CCCC(C)NS(=O)(=O)c1ccc(F)c(F)c1F. The van der Waals surface area contributed by atoms with Crippen molar-refractivity contribution in [2.75, 3.05) is 0 Å². The van der Waals surface area contributed by atoms with E-state index in [9.17, 15) is 21.6 Å². The predicted octanol–water partition coefficient (Wildman–Crippen LogP) is 2.57. The zero-order valence-electron chi connectivity index (χ0n) is 10.0. The highest BCUT2D eigenvalue weighted by Crippen LogP contribution is 2.20. The Morgan fingerprint density at radius 2 is 1.83 bits per heavy atom. The van der Waals surface area contributed by atoms with Crippen molar-refractivity contribution in [1.29, 1.82) is 0 Å². The van der Waals surface area contributed by atoms with Gasteiger partial charge < -0.3 is 0 Å². The lowest BCUT2D eigenvalue weighted by molar-refractivity contribution is 0.431. The summed E-state index contributed by atoms with van der Waals surface area (Å²) in [6.45, 7) is 3.47. The zero-order chi connectivity index (χ0) is 13.9. The third-order valence-corrected chi connectivity index (χ3v) is 3.97. The van der Waals surface area contributed by atoms with Crippen LogP contribution in [-0.2, 0) is 10.0 Å². The summed E-state index contributed by atoms with van der Waals surface area (Å²) in [5.41, 5.74) is 0. The van der Waals surface area contributed by atoms with Crippen LogP contribution in [0.5, 0.6) is 0 Å². The van der Waals surface area contributed by atoms with Gasteiger partial charge >= 0.3 is 0 Å². The second kappa shape index (κ2) is 5.71. The highest BCUT2D eigenvalue weighted by atomic mass is 32.2. The average Bonchev–Trinajstić information content (AvgIpc) is 2.25. The summed E-state index contributed by atoms with van der Waals surface area (Å²) in [6.07, 6.45) is 1.30. The Labute approximate surface area is 104 Å². The van der Waals surface area contributed by atoms with E-state index in [-0.39, 0.29) is 0 Å². The van der Waals surface area contributed by atoms with E-state index >= 15 is 0 Å². The Morgan fingerprint density at radius 3 is 2.39 bits per heavy atom. The molecule has 0 heterocycles. The molecule has 3 nitrogen and oxygen atoms in total. The summed E-state index contributed by atoms with van der Waals surface area (Å²) in [7, 11) is -4.18. The van der Waals surface area contributed by atoms with E-state index in [4.69, 9.17) is 0 Å². The van der Waals surface area contributed by atoms with E-state index in [1.165, 1.54) is 0 Å². The van der Waals surface area contributed by atoms with Gasteiger partial charge in [0.15, 0.2) is 17.5 Å². The lowest BCUT2D eigenvalue weighted by atomic mass is 10.2. The fraction of sp³-hybridized carbons (Fsp3) is 0.455. The largest absolute Gasteiger partial charge is 0.243 e. The lowest BCUT2D eigenvalue weighted by Crippen LogP contribution is -2.33. The Kier molecular flexibility index (Phi) is 4.75. The van der Waals surface area contributed by atoms with Crippen molar-refractivity contribution in [3.05, 3.63) is 29.6 Å². The summed E-state index contributed by atoms with van der Waals surface area (Å²) < 4.78 is 64.8. The van der Waals surface area contributed by atoms with Crippen molar-refractivity contribution in [2.45, 2.75) is 37.6 Å². The molecule has 0 aliphatic carbocycles. The van der Waals surface area contributed by atoms with Gasteiger partial charge in [-0.3, -0.25) is 0 Å². The highest BCUT2D eigenvalue weighted by molar-refractivity contribution is 7.89. The van der Waals surface area contributed by atoms with E-state index in [1.807, 2.05) is 6.92 Å². The third-order valence-electron chi connectivity index (χ3n) is 2.37.